The van der Waals surface area contributed by atoms with Crippen molar-refractivity contribution in [1.82, 2.24) is 10.2 Å². The van der Waals surface area contributed by atoms with Crippen molar-refractivity contribution in [2.45, 2.75) is 25.5 Å². The van der Waals surface area contributed by atoms with Crippen LogP contribution < -0.4 is 5.32 Å². The Labute approximate surface area is 140 Å². The first-order valence-electron chi connectivity index (χ1n) is 6.96. The van der Waals surface area contributed by atoms with Gasteiger partial charge in [-0.05, 0) is 24.5 Å². The van der Waals surface area contributed by atoms with Gasteiger partial charge in [0.25, 0.3) is 0 Å². The fourth-order valence-corrected chi connectivity index (χ4v) is 2.66. The van der Waals surface area contributed by atoms with E-state index in [0.29, 0.717) is 13.1 Å². The van der Waals surface area contributed by atoms with Crippen molar-refractivity contribution in [3.63, 3.8) is 0 Å². The molecule has 1 heterocycles. The lowest BCUT2D eigenvalue weighted by molar-refractivity contribution is -0.129. The Morgan fingerprint density at radius 2 is 2.24 bits per heavy atom. The van der Waals surface area contributed by atoms with Crippen LogP contribution in [0.2, 0.25) is 0 Å². The highest BCUT2D eigenvalue weighted by Crippen LogP contribution is 2.17. The predicted octanol–water partition coefficient (Wildman–Crippen LogP) is 2.60. The smallest absolute Gasteiger partial charge is 0.236 e. The second kappa shape index (κ2) is 9.41. The first-order valence-corrected chi connectivity index (χ1v) is 7.76. The number of hydrogen-bond donors (Lipinski definition) is 1. The van der Waals surface area contributed by atoms with E-state index in [1.807, 2.05) is 31.3 Å². The molecule has 6 heteroatoms. The number of rotatable bonds is 6. The zero-order chi connectivity index (χ0) is 14.4. The summed E-state index contributed by atoms with van der Waals surface area (Å²) in [5.41, 5.74) is 1.11. The zero-order valence-electron chi connectivity index (χ0n) is 12.2. The summed E-state index contributed by atoms with van der Waals surface area (Å²) in [5.74, 6) is 0.0961. The van der Waals surface area contributed by atoms with Crippen LogP contribution in [-0.4, -0.2) is 43.7 Å². The Morgan fingerprint density at radius 1 is 1.48 bits per heavy atom. The van der Waals surface area contributed by atoms with Gasteiger partial charge in [-0.2, -0.15) is 0 Å². The lowest BCUT2D eigenvalue weighted by atomic mass is 10.2. The molecule has 1 N–H and O–H groups in total. The van der Waals surface area contributed by atoms with E-state index in [4.69, 9.17) is 4.74 Å². The highest BCUT2D eigenvalue weighted by atomic mass is 79.9. The maximum Gasteiger partial charge on any atom is 0.236 e. The van der Waals surface area contributed by atoms with E-state index >= 15 is 0 Å². The summed E-state index contributed by atoms with van der Waals surface area (Å²) in [4.78, 5) is 13.8. The van der Waals surface area contributed by atoms with Gasteiger partial charge < -0.3 is 15.0 Å². The third kappa shape index (κ3) is 5.94. The molecule has 0 spiro atoms. The van der Waals surface area contributed by atoms with Crippen molar-refractivity contribution >= 4 is 34.2 Å². The molecule has 1 saturated heterocycles. The fraction of sp³-hybridized carbons (Fsp3) is 0.533. The van der Waals surface area contributed by atoms with Gasteiger partial charge in [0, 0.05) is 31.2 Å². The minimum atomic E-state index is 0. The summed E-state index contributed by atoms with van der Waals surface area (Å²) in [6.45, 7) is 2.58. The molecule has 4 nitrogen and oxygen atoms in total. The number of carbonyl (C=O) groups is 1. The van der Waals surface area contributed by atoms with E-state index < -0.39 is 0 Å². The quantitative estimate of drug-likeness (QED) is 0.828. The zero-order valence-corrected chi connectivity index (χ0v) is 14.6. The van der Waals surface area contributed by atoms with E-state index in [-0.39, 0.29) is 24.4 Å². The van der Waals surface area contributed by atoms with Crippen LogP contribution in [0.15, 0.2) is 28.7 Å². The number of benzene rings is 1. The van der Waals surface area contributed by atoms with Gasteiger partial charge in [0.2, 0.25) is 5.91 Å². The molecule has 1 aliphatic heterocycles. The number of carbonyl (C=O) groups excluding carboxylic acids is 1. The van der Waals surface area contributed by atoms with Crippen molar-refractivity contribution in [2.75, 3.05) is 26.7 Å². The highest BCUT2D eigenvalue weighted by Gasteiger charge is 2.16. The van der Waals surface area contributed by atoms with Crippen LogP contribution in [0.25, 0.3) is 0 Å². The van der Waals surface area contributed by atoms with Gasteiger partial charge in [-0.15, -0.1) is 12.4 Å². The molecule has 0 aliphatic carbocycles. The number of likely N-dealkylation sites (N-methyl/N-ethyl adjacent to an activating group) is 1. The van der Waals surface area contributed by atoms with Crippen LogP contribution >= 0.6 is 28.3 Å². The van der Waals surface area contributed by atoms with Crippen LogP contribution in [0.1, 0.15) is 18.4 Å². The molecule has 118 valence electrons. The lowest BCUT2D eigenvalue weighted by Gasteiger charge is -2.19. The monoisotopic (exact) mass is 376 g/mol. The number of ether oxygens (including phenoxy) is 1. The highest BCUT2D eigenvalue weighted by molar-refractivity contribution is 9.10. The van der Waals surface area contributed by atoms with E-state index in [2.05, 4.69) is 21.2 Å². The van der Waals surface area contributed by atoms with Crippen LogP contribution in [0, 0.1) is 0 Å². The standard InChI is InChI=1S/C15H21BrN2O2.ClH/c1-18(11-12-5-2-3-7-14(12)16)15(19)10-17-9-13-6-4-8-20-13;/h2-3,5,7,13,17H,4,6,8-11H2,1H3;1H. The van der Waals surface area contributed by atoms with Crippen LogP contribution in [0.4, 0.5) is 0 Å². The van der Waals surface area contributed by atoms with Gasteiger partial charge in [0.05, 0.1) is 12.6 Å². The van der Waals surface area contributed by atoms with Gasteiger partial charge in [-0.25, -0.2) is 0 Å². The summed E-state index contributed by atoms with van der Waals surface area (Å²) < 4.78 is 6.55. The minimum Gasteiger partial charge on any atom is -0.377 e. The second-order valence-electron chi connectivity index (χ2n) is 5.11. The Balaban J connectivity index is 0.00000220. The van der Waals surface area contributed by atoms with Gasteiger partial charge in [-0.3, -0.25) is 4.79 Å². The van der Waals surface area contributed by atoms with Gasteiger partial charge in [0.1, 0.15) is 0 Å². The Bertz CT molecular complexity index is 453. The molecule has 1 aromatic rings. The molecule has 21 heavy (non-hydrogen) atoms. The van der Waals surface area contributed by atoms with Crippen molar-refractivity contribution in [3.05, 3.63) is 34.3 Å². The molecule has 0 bridgehead atoms. The van der Waals surface area contributed by atoms with E-state index in [1.165, 1.54) is 0 Å². The van der Waals surface area contributed by atoms with Crippen molar-refractivity contribution in [3.8, 4) is 0 Å². The molecular formula is C15H22BrClN2O2. The summed E-state index contributed by atoms with van der Waals surface area (Å²) in [5, 5.41) is 3.18. The lowest BCUT2D eigenvalue weighted by Crippen LogP contribution is -2.38. The van der Waals surface area contributed by atoms with E-state index in [9.17, 15) is 4.79 Å². The predicted molar refractivity (Wildman–Crippen MR) is 89.7 cm³/mol. The van der Waals surface area contributed by atoms with E-state index in [1.54, 1.807) is 4.90 Å². The average molecular weight is 378 g/mol. The molecule has 2 rings (SSSR count). The second-order valence-corrected chi connectivity index (χ2v) is 5.96. The van der Waals surface area contributed by atoms with Crippen molar-refractivity contribution in [2.24, 2.45) is 0 Å². The van der Waals surface area contributed by atoms with Gasteiger partial charge in [-0.1, -0.05) is 34.1 Å². The largest absolute Gasteiger partial charge is 0.377 e. The molecule has 0 aromatic heterocycles. The third-order valence-electron chi connectivity index (χ3n) is 3.46. The maximum atomic E-state index is 12.0. The summed E-state index contributed by atoms with van der Waals surface area (Å²) in [6, 6.07) is 7.96. The first-order chi connectivity index (χ1) is 9.66. The number of halogens is 2. The number of hydrogen-bond acceptors (Lipinski definition) is 3. The van der Waals surface area contributed by atoms with Gasteiger partial charge >= 0.3 is 0 Å². The SMILES string of the molecule is CN(Cc1ccccc1Br)C(=O)CNCC1CCCO1.Cl. The number of amides is 1. The van der Waals surface area contributed by atoms with Crippen LogP contribution in [0.3, 0.4) is 0 Å². The van der Waals surface area contributed by atoms with Gasteiger partial charge in [0.15, 0.2) is 0 Å². The average Bonchev–Trinajstić information content (AvgIpc) is 2.94. The summed E-state index contributed by atoms with van der Waals surface area (Å²) in [7, 11) is 1.83. The Hall–Kier alpha value is -0.620. The number of nitrogens with one attached hydrogen (secondary N) is 1. The first kappa shape index (κ1) is 18.4. The topological polar surface area (TPSA) is 41.6 Å². The van der Waals surface area contributed by atoms with Crippen LogP contribution in [0.5, 0.6) is 0 Å². The Kier molecular flexibility index (Phi) is 8.26. The molecule has 1 atom stereocenters. The molecular weight excluding hydrogens is 356 g/mol. The van der Waals surface area contributed by atoms with Crippen molar-refractivity contribution < 1.29 is 9.53 Å². The number of nitrogens with zero attached hydrogens (tertiary/aromatic N) is 1. The molecule has 1 unspecified atom stereocenters. The van der Waals surface area contributed by atoms with E-state index in [0.717, 1.165) is 36.0 Å². The molecule has 0 radical (unpaired) electrons. The fourth-order valence-electron chi connectivity index (χ4n) is 2.25. The summed E-state index contributed by atoms with van der Waals surface area (Å²) >= 11 is 3.50. The maximum absolute atomic E-state index is 12.0. The minimum absolute atomic E-state index is 0. The third-order valence-corrected chi connectivity index (χ3v) is 4.24. The molecule has 1 aliphatic rings. The molecule has 1 aromatic carbocycles. The molecule has 1 fully saturated rings. The normalized spacial score (nSPS) is 17.3. The molecule has 0 saturated carbocycles. The molecule has 1 amide bonds. The van der Waals surface area contributed by atoms with Crippen molar-refractivity contribution in [1.29, 1.82) is 0 Å². The van der Waals surface area contributed by atoms with Crippen LogP contribution in [-0.2, 0) is 16.1 Å². The Morgan fingerprint density at radius 3 is 2.90 bits per heavy atom. The summed E-state index contributed by atoms with van der Waals surface area (Å²) in [6.07, 6.45) is 2.49.